The number of amides is 2. The highest BCUT2D eigenvalue weighted by Gasteiger charge is 2.35. The van der Waals surface area contributed by atoms with Gasteiger partial charge in [0.05, 0.1) is 7.11 Å². The molecular formula is C10H16N2O5. The monoisotopic (exact) mass is 244 g/mol. The maximum Gasteiger partial charge on any atom is 0.326 e. The minimum absolute atomic E-state index is 0.182. The van der Waals surface area contributed by atoms with Crippen molar-refractivity contribution in [2.24, 2.45) is 0 Å². The molecule has 7 heteroatoms. The Kier molecular flexibility index (Phi) is 4.30. The van der Waals surface area contributed by atoms with Crippen LogP contribution in [-0.4, -0.2) is 66.2 Å². The molecule has 1 rings (SSSR count). The first kappa shape index (κ1) is 13.3. The molecule has 96 valence electrons. The Hall–Kier alpha value is -1.79. The standard InChI is InChI=1S/C10H16N2O5/c1-11(6-8(13)17-2)10(16)12-5-3-4-7(12)9(14)15/h7H,3-6H2,1-2H3,(H,14,15)/t7-/m1/s1. The first-order valence-corrected chi connectivity index (χ1v) is 5.28. The molecule has 0 saturated carbocycles. The Morgan fingerprint density at radius 3 is 2.65 bits per heavy atom. The molecule has 0 aliphatic carbocycles. The number of hydrogen-bond acceptors (Lipinski definition) is 4. The van der Waals surface area contributed by atoms with Gasteiger partial charge in [0.25, 0.3) is 0 Å². The average Bonchev–Trinajstić information content (AvgIpc) is 2.76. The van der Waals surface area contributed by atoms with Crippen molar-refractivity contribution >= 4 is 18.0 Å². The van der Waals surface area contributed by atoms with Gasteiger partial charge in [0.1, 0.15) is 12.6 Å². The normalized spacial score (nSPS) is 18.9. The van der Waals surface area contributed by atoms with Gasteiger partial charge >= 0.3 is 18.0 Å². The van der Waals surface area contributed by atoms with Crippen molar-refractivity contribution in [3.63, 3.8) is 0 Å². The SMILES string of the molecule is COC(=O)CN(C)C(=O)N1CCC[C@@H]1C(=O)O. The summed E-state index contributed by atoms with van der Waals surface area (Å²) in [5.74, 6) is -1.55. The van der Waals surface area contributed by atoms with Crippen LogP contribution in [-0.2, 0) is 14.3 Å². The van der Waals surface area contributed by atoms with Crippen molar-refractivity contribution in [1.29, 1.82) is 0 Å². The molecule has 0 aromatic heterocycles. The fraction of sp³-hybridized carbons (Fsp3) is 0.700. The van der Waals surface area contributed by atoms with E-state index in [1.165, 1.54) is 19.1 Å². The fourth-order valence-corrected chi connectivity index (χ4v) is 1.80. The summed E-state index contributed by atoms with van der Waals surface area (Å²) in [4.78, 5) is 36.2. The van der Waals surface area contributed by atoms with Crippen molar-refractivity contribution in [2.75, 3.05) is 27.2 Å². The highest BCUT2D eigenvalue weighted by atomic mass is 16.5. The second-order valence-corrected chi connectivity index (χ2v) is 3.90. The van der Waals surface area contributed by atoms with Crippen LogP contribution in [0.3, 0.4) is 0 Å². The first-order valence-electron chi connectivity index (χ1n) is 5.28. The molecule has 1 heterocycles. The number of aliphatic carboxylic acids is 1. The van der Waals surface area contributed by atoms with Gasteiger partial charge in [-0.3, -0.25) is 4.79 Å². The molecular weight excluding hydrogens is 228 g/mol. The molecule has 2 amide bonds. The number of carbonyl (C=O) groups excluding carboxylic acids is 2. The smallest absolute Gasteiger partial charge is 0.326 e. The van der Waals surface area contributed by atoms with Crippen LogP contribution in [0.5, 0.6) is 0 Å². The highest BCUT2D eigenvalue weighted by molar-refractivity contribution is 5.85. The zero-order chi connectivity index (χ0) is 13.0. The average molecular weight is 244 g/mol. The Morgan fingerprint density at radius 2 is 2.12 bits per heavy atom. The van der Waals surface area contributed by atoms with E-state index in [1.807, 2.05) is 0 Å². The van der Waals surface area contributed by atoms with Crippen molar-refractivity contribution in [1.82, 2.24) is 9.80 Å². The maximum absolute atomic E-state index is 11.9. The van der Waals surface area contributed by atoms with Gasteiger partial charge in [0.15, 0.2) is 0 Å². The van der Waals surface area contributed by atoms with E-state index in [-0.39, 0.29) is 6.54 Å². The topological polar surface area (TPSA) is 87.2 Å². The summed E-state index contributed by atoms with van der Waals surface area (Å²) in [6, 6.07) is -1.25. The molecule has 1 N–H and O–H groups in total. The predicted octanol–water partition coefficient (Wildman–Crippen LogP) is -0.240. The number of ether oxygens (including phenoxy) is 1. The minimum atomic E-state index is -1.01. The summed E-state index contributed by atoms with van der Waals surface area (Å²) in [5, 5.41) is 8.94. The highest BCUT2D eigenvalue weighted by Crippen LogP contribution is 2.18. The van der Waals surface area contributed by atoms with Crippen molar-refractivity contribution in [3.05, 3.63) is 0 Å². The van der Waals surface area contributed by atoms with Crippen LogP contribution >= 0.6 is 0 Å². The summed E-state index contributed by atoms with van der Waals surface area (Å²) < 4.78 is 4.44. The van der Waals surface area contributed by atoms with Crippen LogP contribution in [0.25, 0.3) is 0 Å². The molecule has 1 aliphatic heterocycles. The quantitative estimate of drug-likeness (QED) is 0.692. The van der Waals surface area contributed by atoms with E-state index in [2.05, 4.69) is 4.74 Å². The van der Waals surface area contributed by atoms with Gasteiger partial charge in [-0.05, 0) is 12.8 Å². The maximum atomic E-state index is 11.9. The Bertz CT molecular complexity index is 331. The molecule has 0 bridgehead atoms. The molecule has 1 fully saturated rings. The van der Waals surface area contributed by atoms with Crippen LogP contribution in [0.2, 0.25) is 0 Å². The Morgan fingerprint density at radius 1 is 1.47 bits per heavy atom. The third-order valence-corrected chi connectivity index (χ3v) is 2.70. The minimum Gasteiger partial charge on any atom is -0.480 e. The number of likely N-dealkylation sites (tertiary alicyclic amines) is 1. The molecule has 0 aromatic carbocycles. The number of urea groups is 1. The second-order valence-electron chi connectivity index (χ2n) is 3.90. The summed E-state index contributed by atoms with van der Waals surface area (Å²) in [7, 11) is 2.67. The van der Waals surface area contributed by atoms with E-state index < -0.39 is 24.0 Å². The number of rotatable bonds is 3. The van der Waals surface area contributed by atoms with Crippen LogP contribution < -0.4 is 0 Å². The third kappa shape index (κ3) is 3.08. The van der Waals surface area contributed by atoms with Gasteiger partial charge < -0.3 is 19.6 Å². The van der Waals surface area contributed by atoms with Crippen molar-refractivity contribution < 1.29 is 24.2 Å². The van der Waals surface area contributed by atoms with E-state index in [0.29, 0.717) is 19.4 Å². The number of nitrogens with zero attached hydrogens (tertiary/aromatic N) is 2. The third-order valence-electron chi connectivity index (χ3n) is 2.70. The first-order chi connectivity index (χ1) is 7.97. The lowest BCUT2D eigenvalue weighted by Gasteiger charge is -2.26. The van der Waals surface area contributed by atoms with Gasteiger partial charge in [0, 0.05) is 13.6 Å². The van der Waals surface area contributed by atoms with Crippen LogP contribution in [0, 0.1) is 0 Å². The van der Waals surface area contributed by atoms with Gasteiger partial charge in [-0.25, -0.2) is 9.59 Å². The number of carboxylic acid groups (broad SMARTS) is 1. The number of hydrogen-bond donors (Lipinski definition) is 1. The fourth-order valence-electron chi connectivity index (χ4n) is 1.80. The van der Waals surface area contributed by atoms with Gasteiger partial charge in [-0.15, -0.1) is 0 Å². The zero-order valence-corrected chi connectivity index (χ0v) is 9.88. The van der Waals surface area contributed by atoms with Gasteiger partial charge in [-0.2, -0.15) is 0 Å². The van der Waals surface area contributed by atoms with E-state index in [9.17, 15) is 14.4 Å². The lowest BCUT2D eigenvalue weighted by molar-refractivity contribution is -0.141. The molecule has 7 nitrogen and oxygen atoms in total. The molecule has 0 spiro atoms. The number of carbonyl (C=O) groups is 3. The number of carboxylic acids is 1. The molecule has 17 heavy (non-hydrogen) atoms. The molecule has 1 atom stereocenters. The molecule has 0 radical (unpaired) electrons. The van der Waals surface area contributed by atoms with E-state index in [4.69, 9.17) is 5.11 Å². The molecule has 0 unspecified atom stereocenters. The van der Waals surface area contributed by atoms with Gasteiger partial charge in [0.2, 0.25) is 0 Å². The number of likely N-dealkylation sites (N-methyl/N-ethyl adjacent to an activating group) is 1. The van der Waals surface area contributed by atoms with Gasteiger partial charge in [-0.1, -0.05) is 0 Å². The molecule has 1 aliphatic rings. The number of esters is 1. The van der Waals surface area contributed by atoms with Crippen LogP contribution in [0.1, 0.15) is 12.8 Å². The van der Waals surface area contributed by atoms with Crippen molar-refractivity contribution in [2.45, 2.75) is 18.9 Å². The summed E-state index contributed by atoms with van der Waals surface area (Å²) in [6.07, 6.45) is 1.11. The summed E-state index contributed by atoms with van der Waals surface area (Å²) in [5.41, 5.74) is 0. The lowest BCUT2D eigenvalue weighted by atomic mass is 10.2. The Balaban J connectivity index is 2.62. The summed E-state index contributed by atoms with van der Waals surface area (Å²) in [6.45, 7) is 0.222. The largest absolute Gasteiger partial charge is 0.480 e. The van der Waals surface area contributed by atoms with Crippen molar-refractivity contribution in [3.8, 4) is 0 Å². The summed E-state index contributed by atoms with van der Waals surface area (Å²) >= 11 is 0. The number of methoxy groups -OCH3 is 1. The molecule has 0 aromatic rings. The molecule has 1 saturated heterocycles. The lowest BCUT2D eigenvalue weighted by Crippen LogP contribution is -2.48. The predicted molar refractivity (Wildman–Crippen MR) is 57.4 cm³/mol. The van der Waals surface area contributed by atoms with Crippen LogP contribution in [0.15, 0.2) is 0 Å². The zero-order valence-electron chi connectivity index (χ0n) is 9.88. The Labute approximate surface area is 98.9 Å². The van der Waals surface area contributed by atoms with E-state index in [1.54, 1.807) is 0 Å². The van der Waals surface area contributed by atoms with E-state index >= 15 is 0 Å². The van der Waals surface area contributed by atoms with E-state index in [0.717, 1.165) is 4.90 Å². The van der Waals surface area contributed by atoms with Crippen LogP contribution in [0.4, 0.5) is 4.79 Å². The second kappa shape index (κ2) is 5.51.